The summed E-state index contributed by atoms with van der Waals surface area (Å²) in [4.78, 5) is 85.6. The molecule has 3 aromatic rings. The van der Waals surface area contributed by atoms with Gasteiger partial charge in [-0.15, -0.1) is 0 Å². The standard InChI is InChI=1S/C38H42Br2N8O8SSi/c1-36(2,3)58(5,6)56-27-17-37(28-23(27)19-47(30(49)25-16-24(39)29(40)41-25)38(28)31(50)42-34(45-38)57-4)32(51)46(18-22-14-10-11-15-26(22)48(53)54)33(44-37)43-35(52)55-20-21-12-8-7-9-13-21/h7-16,23,27-28,41H,17-20H2,1-6H3,(H,42,45,50)(H,43,44,52)/t23-,27+,28-,37+,38+/m1/s1. The lowest BCUT2D eigenvalue weighted by Crippen LogP contribution is -2.62. The number of para-hydroxylation sites is 1. The fourth-order valence-corrected chi connectivity index (χ4v) is 10.5. The average molecular weight is 959 g/mol. The number of carbonyl (C=O) groups is 4. The van der Waals surface area contributed by atoms with Crippen molar-refractivity contribution in [2.24, 2.45) is 21.8 Å². The second-order valence-corrected chi connectivity index (χ2v) is 23.3. The van der Waals surface area contributed by atoms with Crippen molar-refractivity contribution in [3.63, 3.8) is 0 Å². The number of likely N-dealkylation sites (tertiary alicyclic amines) is 1. The van der Waals surface area contributed by atoms with Gasteiger partial charge in [-0.1, -0.05) is 81.1 Å². The number of carbonyl (C=O) groups excluding carboxylic acids is 4. The number of alkyl carbamates (subject to hydrolysis) is 1. The van der Waals surface area contributed by atoms with Crippen LogP contribution in [0, 0.1) is 22.0 Å². The van der Waals surface area contributed by atoms with Gasteiger partial charge in [0.05, 0.1) is 32.6 Å². The molecule has 4 aliphatic rings. The number of halogens is 2. The number of aromatic amines is 1. The Labute approximate surface area is 356 Å². The van der Waals surface area contributed by atoms with Crippen molar-refractivity contribution in [2.75, 3.05) is 12.8 Å². The number of hydrogen-bond acceptors (Lipinski definition) is 11. The van der Waals surface area contributed by atoms with Gasteiger partial charge >= 0.3 is 6.09 Å². The zero-order valence-corrected chi connectivity index (χ0v) is 37.5. The first-order valence-corrected chi connectivity index (χ1v) is 24.2. The van der Waals surface area contributed by atoms with Gasteiger partial charge in [0, 0.05) is 30.5 Å². The van der Waals surface area contributed by atoms with Crippen LogP contribution in [-0.2, 0) is 31.9 Å². The van der Waals surface area contributed by atoms with Gasteiger partial charge in [0.15, 0.2) is 19.0 Å². The van der Waals surface area contributed by atoms with Crippen molar-refractivity contribution >= 4 is 92.6 Å². The van der Waals surface area contributed by atoms with E-state index >= 15 is 4.79 Å². The Balaban J connectivity index is 1.39. The fourth-order valence-electron chi connectivity index (χ4n) is 8.07. The van der Waals surface area contributed by atoms with E-state index in [9.17, 15) is 24.5 Å². The predicted molar refractivity (Wildman–Crippen MR) is 226 cm³/mol. The van der Waals surface area contributed by atoms with Crippen LogP contribution in [-0.4, -0.2) is 93.1 Å². The SMILES string of the molecule is CSC1=N[C@@]2(C(=O)N1)[C@@H]1[C@H](CN2C(=O)c2cc(Br)c(Br)[nH]2)[C@@H](O[Si](C)(C)C(C)(C)C)C[C@]12N=C(NC(=O)OCc1ccccc1)N(Cc1ccccc1[N+](=O)[O-])C2=O. The molecule has 16 nitrogen and oxygen atoms in total. The third-order valence-electron chi connectivity index (χ3n) is 11.8. The number of amides is 4. The van der Waals surface area contributed by atoms with Crippen LogP contribution in [0.5, 0.6) is 0 Å². The topological polar surface area (TPSA) is 201 Å². The number of nitro groups is 1. The second kappa shape index (κ2) is 15.3. The lowest BCUT2D eigenvalue weighted by Gasteiger charge is -2.40. The zero-order chi connectivity index (χ0) is 41.9. The Morgan fingerprint density at radius 3 is 2.41 bits per heavy atom. The van der Waals surface area contributed by atoms with Gasteiger partial charge in [0.2, 0.25) is 11.6 Å². The number of hydrogen-bond donors (Lipinski definition) is 3. The minimum absolute atomic E-state index is 0.0216. The quantitative estimate of drug-likeness (QED) is 0.127. The van der Waals surface area contributed by atoms with E-state index in [0.29, 0.717) is 14.6 Å². The molecular formula is C38H42Br2N8O8SSi. The van der Waals surface area contributed by atoms with Crippen molar-refractivity contribution in [2.45, 2.75) is 75.8 Å². The third kappa shape index (κ3) is 7.09. The molecule has 5 atom stereocenters. The third-order valence-corrected chi connectivity index (χ3v) is 18.6. The molecule has 2 aromatic carbocycles. The number of H-pyrrole nitrogens is 1. The highest BCUT2D eigenvalue weighted by molar-refractivity contribution is 9.13. The Morgan fingerprint density at radius 1 is 1.10 bits per heavy atom. The molecule has 1 saturated carbocycles. The average Bonchev–Trinajstić information content (AvgIpc) is 3.94. The number of thioether (sulfide) groups is 1. The van der Waals surface area contributed by atoms with E-state index in [1.807, 2.05) is 6.07 Å². The van der Waals surface area contributed by atoms with Gasteiger partial charge in [-0.05, 0) is 67.9 Å². The molecule has 2 spiro atoms. The zero-order valence-electron chi connectivity index (χ0n) is 32.5. The van der Waals surface area contributed by atoms with E-state index < -0.39 is 66.2 Å². The monoisotopic (exact) mass is 956 g/mol. The van der Waals surface area contributed by atoms with Gasteiger partial charge in [-0.25, -0.2) is 14.8 Å². The highest BCUT2D eigenvalue weighted by atomic mass is 79.9. The molecule has 306 valence electrons. The number of aliphatic imine (C=N–C) groups is 2. The number of nitrogens with zero attached hydrogens (tertiary/aromatic N) is 5. The minimum atomic E-state index is -2.61. The lowest BCUT2D eigenvalue weighted by molar-refractivity contribution is -0.385. The molecule has 58 heavy (non-hydrogen) atoms. The second-order valence-electron chi connectivity index (χ2n) is 16.1. The van der Waals surface area contributed by atoms with E-state index in [0.717, 1.165) is 0 Å². The van der Waals surface area contributed by atoms with Crippen molar-refractivity contribution < 1.29 is 33.3 Å². The number of aromatic nitrogens is 1. The van der Waals surface area contributed by atoms with Gasteiger partial charge in [0.1, 0.15) is 12.3 Å². The normalized spacial score (nSPS) is 25.3. The Hall–Kier alpha value is -4.37. The summed E-state index contributed by atoms with van der Waals surface area (Å²) in [5.41, 5.74) is -3.01. The molecule has 20 heteroatoms. The first-order chi connectivity index (χ1) is 27.3. The molecule has 1 aromatic heterocycles. The fraction of sp³-hybridized carbons (Fsp3) is 0.421. The van der Waals surface area contributed by atoms with Gasteiger partial charge in [-0.3, -0.25) is 34.7 Å². The number of nitrogens with one attached hydrogen (secondary N) is 3. The van der Waals surface area contributed by atoms with Gasteiger partial charge in [-0.2, -0.15) is 0 Å². The molecule has 0 bridgehead atoms. The van der Waals surface area contributed by atoms with Crippen LogP contribution in [0.4, 0.5) is 10.5 Å². The number of rotatable bonds is 8. The molecule has 0 unspecified atom stereocenters. The Kier molecular flexibility index (Phi) is 11.0. The number of amidine groups is 1. The molecular weight excluding hydrogens is 916 g/mol. The van der Waals surface area contributed by atoms with Crippen molar-refractivity contribution in [3.8, 4) is 0 Å². The maximum absolute atomic E-state index is 15.5. The number of nitro benzene ring substituents is 1. The summed E-state index contributed by atoms with van der Waals surface area (Å²) >= 11 is 8.02. The van der Waals surface area contributed by atoms with Crippen molar-refractivity contribution in [1.82, 2.24) is 25.4 Å². The van der Waals surface area contributed by atoms with Crippen molar-refractivity contribution in [3.05, 3.63) is 96.7 Å². The van der Waals surface area contributed by atoms with Crippen LogP contribution in [0.25, 0.3) is 0 Å². The number of benzene rings is 2. The van der Waals surface area contributed by atoms with Crippen LogP contribution in [0.3, 0.4) is 0 Å². The van der Waals surface area contributed by atoms with Crippen molar-refractivity contribution in [1.29, 1.82) is 0 Å². The maximum Gasteiger partial charge on any atom is 0.414 e. The highest BCUT2D eigenvalue weighted by Crippen LogP contribution is 2.60. The Morgan fingerprint density at radius 2 is 1.79 bits per heavy atom. The van der Waals surface area contributed by atoms with Crippen LogP contribution < -0.4 is 10.6 Å². The molecule has 2 fully saturated rings. The van der Waals surface area contributed by atoms with Crippen LogP contribution in [0.1, 0.15) is 48.8 Å². The Bertz CT molecular complexity index is 2250. The van der Waals surface area contributed by atoms with Crippen LogP contribution >= 0.6 is 43.6 Å². The summed E-state index contributed by atoms with van der Waals surface area (Å²) in [7, 11) is -2.61. The van der Waals surface area contributed by atoms with Crippen LogP contribution in [0.15, 0.2) is 79.7 Å². The van der Waals surface area contributed by atoms with E-state index in [-0.39, 0.29) is 59.2 Å². The molecule has 0 radical (unpaired) electrons. The molecule has 1 aliphatic carbocycles. The smallest absolute Gasteiger partial charge is 0.414 e. The summed E-state index contributed by atoms with van der Waals surface area (Å²) in [6, 6.07) is 16.6. The molecule has 3 aliphatic heterocycles. The summed E-state index contributed by atoms with van der Waals surface area (Å²) in [5, 5.41) is 17.6. The van der Waals surface area contributed by atoms with E-state index in [1.165, 1.54) is 39.8 Å². The number of guanidine groups is 1. The van der Waals surface area contributed by atoms with E-state index in [4.69, 9.17) is 19.1 Å². The largest absolute Gasteiger partial charge is 0.444 e. The highest BCUT2D eigenvalue weighted by Gasteiger charge is 2.77. The van der Waals surface area contributed by atoms with Gasteiger partial charge in [0.25, 0.3) is 23.4 Å². The van der Waals surface area contributed by atoms with E-state index in [1.54, 1.807) is 42.7 Å². The minimum Gasteiger partial charge on any atom is -0.444 e. The molecule has 4 heterocycles. The van der Waals surface area contributed by atoms with Crippen LogP contribution in [0.2, 0.25) is 18.1 Å². The number of ether oxygens (including phenoxy) is 1. The maximum atomic E-state index is 15.5. The summed E-state index contributed by atoms with van der Waals surface area (Å²) in [5.74, 6) is -3.78. The first-order valence-electron chi connectivity index (χ1n) is 18.4. The molecule has 1 saturated heterocycles. The summed E-state index contributed by atoms with van der Waals surface area (Å²) in [6.45, 7) is 9.96. The lowest BCUT2D eigenvalue weighted by atomic mass is 9.76. The van der Waals surface area contributed by atoms with Gasteiger partial charge < -0.3 is 24.4 Å². The molecule has 4 amide bonds. The first kappa shape index (κ1) is 41.8. The summed E-state index contributed by atoms with van der Waals surface area (Å²) in [6.07, 6.45) is 0.0893. The molecule has 7 rings (SSSR count). The number of fused-ring (bicyclic) bond motifs is 3. The predicted octanol–water partition coefficient (Wildman–Crippen LogP) is 6.54. The van der Waals surface area contributed by atoms with E-state index in [2.05, 4.69) is 81.3 Å². The summed E-state index contributed by atoms with van der Waals surface area (Å²) < 4.78 is 13.8. The molecule has 3 N–H and O–H groups in total.